The van der Waals surface area contributed by atoms with Crippen molar-refractivity contribution in [1.82, 2.24) is 0 Å². The highest BCUT2D eigenvalue weighted by atomic mass is 16.7. The lowest BCUT2D eigenvalue weighted by molar-refractivity contribution is -0.203. The van der Waals surface area contributed by atoms with Crippen molar-refractivity contribution < 1.29 is 9.47 Å². The Bertz CT molecular complexity index is 831. The number of rotatable bonds is 2. The number of aryl methyl sites for hydroxylation is 1. The summed E-state index contributed by atoms with van der Waals surface area (Å²) >= 11 is 0. The number of hydrogen-bond donors (Lipinski definition) is 0. The molecule has 122 valence electrons. The van der Waals surface area contributed by atoms with Gasteiger partial charge in [-0.25, -0.2) is 0 Å². The highest BCUT2D eigenvalue weighted by Crippen LogP contribution is 2.42. The molecule has 4 rings (SSSR count). The summed E-state index contributed by atoms with van der Waals surface area (Å²) in [6.07, 6.45) is 2.05. The maximum atomic E-state index is 6.43. The molecule has 0 radical (unpaired) electrons. The standard InChI is InChI=1S/C22H22O2/c1-17-13-14-18-9-5-6-12-20(18)21(17)22(19-10-3-2-4-11-19)23-15-7-8-16-24-22/h2-6,9-14H,7-8,15-16H2,1H3. The van der Waals surface area contributed by atoms with Gasteiger partial charge < -0.3 is 9.47 Å². The van der Waals surface area contributed by atoms with Crippen molar-refractivity contribution in [2.24, 2.45) is 0 Å². The van der Waals surface area contributed by atoms with E-state index in [4.69, 9.17) is 9.47 Å². The first-order chi connectivity index (χ1) is 11.8. The van der Waals surface area contributed by atoms with Gasteiger partial charge in [0.25, 0.3) is 0 Å². The third-order valence-electron chi connectivity index (χ3n) is 4.77. The zero-order valence-corrected chi connectivity index (χ0v) is 14.0. The summed E-state index contributed by atoms with van der Waals surface area (Å²) < 4.78 is 12.9. The van der Waals surface area contributed by atoms with Gasteiger partial charge in [0.15, 0.2) is 0 Å². The monoisotopic (exact) mass is 318 g/mol. The molecule has 24 heavy (non-hydrogen) atoms. The van der Waals surface area contributed by atoms with Crippen molar-refractivity contribution >= 4 is 10.8 Å². The zero-order chi connectivity index (χ0) is 16.4. The van der Waals surface area contributed by atoms with Crippen molar-refractivity contribution in [2.45, 2.75) is 25.6 Å². The smallest absolute Gasteiger partial charge is 0.223 e. The van der Waals surface area contributed by atoms with Crippen LogP contribution in [0.5, 0.6) is 0 Å². The molecule has 0 saturated carbocycles. The second kappa shape index (κ2) is 6.39. The molecule has 1 aliphatic rings. The SMILES string of the molecule is Cc1ccc2ccccc2c1C1(c2ccccc2)OCCCCO1. The first kappa shape index (κ1) is 15.4. The Kier molecular flexibility index (Phi) is 4.09. The second-order valence-electron chi connectivity index (χ2n) is 6.37. The van der Waals surface area contributed by atoms with E-state index in [0.29, 0.717) is 13.2 Å². The van der Waals surface area contributed by atoms with E-state index < -0.39 is 5.79 Å². The van der Waals surface area contributed by atoms with Crippen LogP contribution in [0.4, 0.5) is 0 Å². The van der Waals surface area contributed by atoms with Gasteiger partial charge in [0, 0.05) is 11.1 Å². The molecule has 3 aromatic carbocycles. The molecular weight excluding hydrogens is 296 g/mol. The third kappa shape index (κ3) is 2.52. The molecule has 3 aromatic rings. The fourth-order valence-corrected chi connectivity index (χ4v) is 3.61. The Morgan fingerprint density at radius 3 is 2.17 bits per heavy atom. The largest absolute Gasteiger partial charge is 0.342 e. The van der Waals surface area contributed by atoms with Crippen LogP contribution in [0.2, 0.25) is 0 Å². The summed E-state index contributed by atoms with van der Waals surface area (Å²) in [5.74, 6) is -0.831. The van der Waals surface area contributed by atoms with Crippen LogP contribution in [0, 0.1) is 6.92 Å². The summed E-state index contributed by atoms with van der Waals surface area (Å²) in [7, 11) is 0. The van der Waals surface area contributed by atoms with E-state index in [1.807, 2.05) is 6.07 Å². The van der Waals surface area contributed by atoms with Crippen LogP contribution in [-0.2, 0) is 15.3 Å². The molecule has 0 bridgehead atoms. The van der Waals surface area contributed by atoms with Gasteiger partial charge in [-0.15, -0.1) is 0 Å². The van der Waals surface area contributed by atoms with Gasteiger partial charge in [0.1, 0.15) is 0 Å². The van der Waals surface area contributed by atoms with Crippen LogP contribution < -0.4 is 0 Å². The van der Waals surface area contributed by atoms with Crippen molar-refractivity contribution in [3.8, 4) is 0 Å². The van der Waals surface area contributed by atoms with Crippen molar-refractivity contribution in [3.05, 3.63) is 83.4 Å². The van der Waals surface area contributed by atoms with E-state index in [1.165, 1.54) is 16.3 Å². The zero-order valence-electron chi connectivity index (χ0n) is 14.0. The molecule has 1 saturated heterocycles. The molecule has 0 aliphatic carbocycles. The predicted octanol–water partition coefficient (Wildman–Crippen LogP) is 5.18. The number of benzene rings is 3. The fourth-order valence-electron chi connectivity index (χ4n) is 3.61. The highest BCUT2D eigenvalue weighted by molar-refractivity contribution is 5.88. The van der Waals surface area contributed by atoms with E-state index >= 15 is 0 Å². The van der Waals surface area contributed by atoms with Gasteiger partial charge in [0.05, 0.1) is 13.2 Å². The number of fused-ring (bicyclic) bond motifs is 1. The van der Waals surface area contributed by atoms with Gasteiger partial charge in [0.2, 0.25) is 5.79 Å². The Morgan fingerprint density at radius 1 is 0.750 bits per heavy atom. The Balaban J connectivity index is 2.03. The minimum absolute atomic E-state index is 0.706. The van der Waals surface area contributed by atoms with Crippen LogP contribution in [0.25, 0.3) is 10.8 Å². The lowest BCUT2D eigenvalue weighted by atomic mass is 9.89. The second-order valence-corrected chi connectivity index (χ2v) is 6.37. The first-order valence-corrected chi connectivity index (χ1v) is 8.63. The van der Waals surface area contributed by atoms with Gasteiger partial charge in [-0.05, 0) is 36.1 Å². The topological polar surface area (TPSA) is 18.5 Å². The van der Waals surface area contributed by atoms with Crippen molar-refractivity contribution in [2.75, 3.05) is 13.2 Å². The van der Waals surface area contributed by atoms with E-state index in [2.05, 4.69) is 67.6 Å². The van der Waals surface area contributed by atoms with Crippen LogP contribution in [0.1, 0.15) is 29.5 Å². The van der Waals surface area contributed by atoms with Gasteiger partial charge >= 0.3 is 0 Å². The summed E-state index contributed by atoms with van der Waals surface area (Å²) in [6, 6.07) is 23.1. The molecule has 1 heterocycles. The molecule has 0 aromatic heterocycles. The maximum absolute atomic E-state index is 6.43. The number of ether oxygens (including phenoxy) is 2. The van der Waals surface area contributed by atoms with E-state index in [9.17, 15) is 0 Å². The Labute approximate surface area is 143 Å². The quantitative estimate of drug-likeness (QED) is 0.648. The van der Waals surface area contributed by atoms with E-state index in [1.54, 1.807) is 0 Å². The molecule has 0 N–H and O–H groups in total. The number of hydrogen-bond acceptors (Lipinski definition) is 2. The summed E-state index contributed by atoms with van der Waals surface area (Å²) in [5.41, 5.74) is 3.39. The van der Waals surface area contributed by atoms with Crippen LogP contribution in [0.15, 0.2) is 66.7 Å². The summed E-state index contributed by atoms with van der Waals surface area (Å²) in [4.78, 5) is 0. The van der Waals surface area contributed by atoms with Gasteiger partial charge in [-0.3, -0.25) is 0 Å². The summed E-state index contributed by atoms with van der Waals surface area (Å²) in [6.45, 7) is 3.55. The van der Waals surface area contributed by atoms with Crippen LogP contribution in [0.3, 0.4) is 0 Å². The molecular formula is C22H22O2. The van der Waals surface area contributed by atoms with Crippen molar-refractivity contribution in [3.63, 3.8) is 0 Å². The first-order valence-electron chi connectivity index (χ1n) is 8.63. The lowest BCUT2D eigenvalue weighted by Crippen LogP contribution is -2.35. The normalized spacial score (nSPS) is 17.5. The fraction of sp³-hybridized carbons (Fsp3) is 0.273. The molecule has 0 amide bonds. The average Bonchev–Trinajstić information content (AvgIpc) is 2.89. The van der Waals surface area contributed by atoms with Gasteiger partial charge in [-0.2, -0.15) is 0 Å². The molecule has 2 heteroatoms. The molecule has 0 spiro atoms. The molecule has 0 unspecified atom stereocenters. The average molecular weight is 318 g/mol. The van der Waals surface area contributed by atoms with Crippen LogP contribution >= 0.6 is 0 Å². The molecule has 1 fully saturated rings. The summed E-state index contributed by atoms with van der Waals surface area (Å²) in [5, 5.41) is 2.41. The van der Waals surface area contributed by atoms with E-state index in [0.717, 1.165) is 24.0 Å². The molecule has 1 aliphatic heterocycles. The van der Waals surface area contributed by atoms with Crippen LogP contribution in [-0.4, -0.2) is 13.2 Å². The van der Waals surface area contributed by atoms with E-state index in [-0.39, 0.29) is 0 Å². The minimum Gasteiger partial charge on any atom is -0.342 e. The maximum Gasteiger partial charge on any atom is 0.223 e. The minimum atomic E-state index is -0.831. The predicted molar refractivity (Wildman–Crippen MR) is 97.0 cm³/mol. The molecule has 2 nitrogen and oxygen atoms in total. The Hall–Kier alpha value is -2.16. The van der Waals surface area contributed by atoms with Crippen molar-refractivity contribution in [1.29, 1.82) is 0 Å². The lowest BCUT2D eigenvalue weighted by Gasteiger charge is -2.35. The Morgan fingerprint density at radius 2 is 1.42 bits per heavy atom. The third-order valence-corrected chi connectivity index (χ3v) is 4.77. The molecule has 0 atom stereocenters. The van der Waals surface area contributed by atoms with Gasteiger partial charge in [-0.1, -0.05) is 66.7 Å². The highest BCUT2D eigenvalue weighted by Gasteiger charge is 2.40.